The van der Waals surface area contributed by atoms with Crippen LogP contribution in [0.2, 0.25) is 0 Å². The number of rotatable bonds is 4. The van der Waals surface area contributed by atoms with E-state index in [-0.39, 0.29) is 11.0 Å². The zero-order valence-electron chi connectivity index (χ0n) is 11.6. The molecule has 2 unspecified atom stereocenters. The lowest BCUT2D eigenvalue weighted by molar-refractivity contribution is 0.0184. The average molecular weight is 300 g/mol. The fourth-order valence-electron chi connectivity index (χ4n) is 2.37. The van der Waals surface area contributed by atoms with Gasteiger partial charge >= 0.3 is 0 Å². The van der Waals surface area contributed by atoms with E-state index in [2.05, 4.69) is 17.3 Å². The number of nitrogen functional groups attached to an aromatic ring is 1. The second kappa shape index (κ2) is 6.04. The number of hydrazine groups is 1. The lowest BCUT2D eigenvalue weighted by atomic mass is 9.97. The maximum Gasteiger partial charge on any atom is 0.246 e. The van der Waals surface area contributed by atoms with Crippen molar-refractivity contribution in [3.8, 4) is 0 Å². The number of aromatic nitrogens is 1. The molecule has 0 spiro atoms. The van der Waals surface area contributed by atoms with E-state index in [1.807, 2.05) is 0 Å². The van der Waals surface area contributed by atoms with Crippen molar-refractivity contribution in [1.29, 1.82) is 0 Å². The number of piperidine rings is 1. The van der Waals surface area contributed by atoms with Crippen LogP contribution >= 0.6 is 0 Å². The number of ether oxygens (including phenoxy) is 1. The Labute approximate surface area is 119 Å². The van der Waals surface area contributed by atoms with Gasteiger partial charge in [-0.05, 0) is 18.4 Å². The molecule has 1 saturated heterocycles. The highest BCUT2D eigenvalue weighted by Crippen LogP contribution is 2.28. The second-order valence-electron chi connectivity index (χ2n) is 4.92. The third kappa shape index (κ3) is 2.78. The Bertz CT molecular complexity index is 564. The lowest BCUT2D eigenvalue weighted by Crippen LogP contribution is -2.46. The predicted octanol–water partition coefficient (Wildman–Crippen LogP) is 0.413. The van der Waals surface area contributed by atoms with Gasteiger partial charge in [-0.25, -0.2) is 8.42 Å². The number of methoxy groups -OCH3 is 1. The monoisotopic (exact) mass is 300 g/mol. The van der Waals surface area contributed by atoms with Crippen molar-refractivity contribution in [2.75, 3.05) is 25.6 Å². The summed E-state index contributed by atoms with van der Waals surface area (Å²) in [6.45, 7) is 2.89. The van der Waals surface area contributed by atoms with Gasteiger partial charge in [-0.15, -0.1) is 0 Å². The smallest absolute Gasteiger partial charge is 0.246 e. The van der Waals surface area contributed by atoms with Crippen molar-refractivity contribution in [2.24, 2.45) is 11.8 Å². The molecule has 0 bridgehead atoms. The minimum Gasteiger partial charge on any atom is -0.380 e. The highest BCUT2D eigenvalue weighted by molar-refractivity contribution is 7.89. The van der Waals surface area contributed by atoms with Gasteiger partial charge in [-0.2, -0.15) is 4.31 Å². The third-order valence-corrected chi connectivity index (χ3v) is 5.61. The van der Waals surface area contributed by atoms with Gasteiger partial charge in [0, 0.05) is 32.6 Å². The van der Waals surface area contributed by atoms with Gasteiger partial charge in [0.25, 0.3) is 0 Å². The molecular weight excluding hydrogens is 280 g/mol. The summed E-state index contributed by atoms with van der Waals surface area (Å²) in [6.07, 6.45) is 3.47. The lowest BCUT2D eigenvalue weighted by Gasteiger charge is -2.35. The molecule has 0 saturated carbocycles. The molecule has 0 amide bonds. The minimum absolute atomic E-state index is 0.0897. The number of hydrogen-bond acceptors (Lipinski definition) is 6. The molecule has 1 aliphatic heterocycles. The van der Waals surface area contributed by atoms with Gasteiger partial charge in [-0.3, -0.25) is 10.8 Å². The summed E-state index contributed by atoms with van der Waals surface area (Å²) in [6, 6.07) is 1.53. The van der Waals surface area contributed by atoms with E-state index in [1.54, 1.807) is 7.11 Å². The van der Waals surface area contributed by atoms with Crippen LogP contribution in [0.15, 0.2) is 23.4 Å². The van der Waals surface area contributed by atoms with Crippen molar-refractivity contribution in [2.45, 2.75) is 24.3 Å². The number of anilines is 1. The van der Waals surface area contributed by atoms with Gasteiger partial charge in [0.15, 0.2) is 0 Å². The van der Waals surface area contributed by atoms with E-state index in [9.17, 15) is 8.42 Å². The zero-order chi connectivity index (χ0) is 14.8. The highest BCUT2D eigenvalue weighted by atomic mass is 32.2. The van der Waals surface area contributed by atoms with Crippen molar-refractivity contribution >= 4 is 15.7 Å². The summed E-state index contributed by atoms with van der Waals surface area (Å²) >= 11 is 0. The third-order valence-electron chi connectivity index (χ3n) is 3.71. The number of nitrogens with zero attached hydrogens (tertiary/aromatic N) is 2. The van der Waals surface area contributed by atoms with Gasteiger partial charge in [0.1, 0.15) is 4.90 Å². The summed E-state index contributed by atoms with van der Waals surface area (Å²) in [5.74, 6) is 5.71. The number of nitrogens with one attached hydrogen (secondary N) is 1. The molecule has 0 aliphatic carbocycles. The van der Waals surface area contributed by atoms with Gasteiger partial charge in [0.05, 0.1) is 11.8 Å². The van der Waals surface area contributed by atoms with E-state index in [1.165, 1.54) is 22.8 Å². The number of sulfonamides is 1. The summed E-state index contributed by atoms with van der Waals surface area (Å²) in [4.78, 5) is 3.97. The first-order valence-electron chi connectivity index (χ1n) is 6.44. The SMILES string of the molecule is COC1CN(S(=O)(=O)c2cnccc2NN)CCC1C. The zero-order valence-corrected chi connectivity index (χ0v) is 12.4. The fourth-order valence-corrected chi connectivity index (χ4v) is 3.94. The van der Waals surface area contributed by atoms with Crippen LogP contribution in [-0.2, 0) is 14.8 Å². The van der Waals surface area contributed by atoms with Crippen LogP contribution in [0.5, 0.6) is 0 Å². The molecule has 3 N–H and O–H groups in total. The van der Waals surface area contributed by atoms with Crippen molar-refractivity contribution in [3.05, 3.63) is 18.5 Å². The Morgan fingerprint density at radius 3 is 2.95 bits per heavy atom. The fraction of sp³-hybridized carbons (Fsp3) is 0.583. The molecule has 1 aromatic heterocycles. The standard InChI is InChI=1S/C12H20N4O3S/c1-9-4-6-16(8-11(9)19-2)20(17,18)12-7-14-5-3-10(12)15-13/h3,5,7,9,11H,4,6,8,13H2,1-2H3,(H,14,15). The normalized spacial score (nSPS) is 24.6. The Morgan fingerprint density at radius 2 is 2.30 bits per heavy atom. The van der Waals surface area contributed by atoms with Gasteiger partial charge in [0.2, 0.25) is 10.0 Å². The quantitative estimate of drug-likeness (QED) is 0.617. The van der Waals surface area contributed by atoms with E-state index in [0.717, 1.165) is 6.42 Å². The van der Waals surface area contributed by atoms with E-state index >= 15 is 0 Å². The van der Waals surface area contributed by atoms with Crippen molar-refractivity contribution in [1.82, 2.24) is 9.29 Å². The highest BCUT2D eigenvalue weighted by Gasteiger charge is 2.35. The maximum absolute atomic E-state index is 12.7. The second-order valence-corrected chi connectivity index (χ2v) is 6.83. The van der Waals surface area contributed by atoms with Crippen LogP contribution in [0.4, 0.5) is 5.69 Å². The van der Waals surface area contributed by atoms with Crippen molar-refractivity contribution in [3.63, 3.8) is 0 Å². The Hall–Kier alpha value is -1.22. The van der Waals surface area contributed by atoms with Crippen LogP contribution in [0.3, 0.4) is 0 Å². The largest absolute Gasteiger partial charge is 0.380 e. The molecule has 7 nitrogen and oxygen atoms in total. The molecule has 0 radical (unpaired) electrons. The maximum atomic E-state index is 12.7. The molecule has 8 heteroatoms. The van der Waals surface area contributed by atoms with Gasteiger partial charge < -0.3 is 10.2 Å². The topological polar surface area (TPSA) is 97.5 Å². The number of nitrogens with two attached hydrogens (primary N) is 1. The Morgan fingerprint density at radius 1 is 1.55 bits per heavy atom. The first kappa shape index (κ1) is 15.2. The molecule has 2 atom stereocenters. The van der Waals surface area contributed by atoms with Crippen molar-refractivity contribution < 1.29 is 13.2 Å². The molecule has 112 valence electrons. The molecule has 2 rings (SSSR count). The molecule has 1 aromatic rings. The summed E-state index contributed by atoms with van der Waals surface area (Å²) in [7, 11) is -2.02. The molecule has 20 heavy (non-hydrogen) atoms. The molecule has 0 aromatic carbocycles. The van der Waals surface area contributed by atoms with Gasteiger partial charge in [-0.1, -0.05) is 6.92 Å². The Balaban J connectivity index is 2.31. The summed E-state index contributed by atoms with van der Waals surface area (Å²) < 4.78 is 32.1. The van der Waals surface area contributed by atoms with Crippen LogP contribution in [0, 0.1) is 5.92 Å². The molecular formula is C12H20N4O3S. The van der Waals surface area contributed by atoms with Crippen LogP contribution in [-0.4, -0.2) is 44.0 Å². The Kier molecular flexibility index (Phi) is 4.59. The summed E-state index contributed by atoms with van der Waals surface area (Å²) in [5, 5.41) is 0. The number of pyridine rings is 1. The average Bonchev–Trinajstić information content (AvgIpc) is 2.47. The summed E-state index contributed by atoms with van der Waals surface area (Å²) in [5.41, 5.74) is 2.74. The first-order valence-corrected chi connectivity index (χ1v) is 7.88. The molecule has 2 heterocycles. The van der Waals surface area contributed by atoms with Crippen LogP contribution < -0.4 is 11.3 Å². The number of hydrogen-bond donors (Lipinski definition) is 2. The van der Waals surface area contributed by atoms with E-state index in [0.29, 0.717) is 24.7 Å². The first-order chi connectivity index (χ1) is 9.50. The molecule has 1 aliphatic rings. The minimum atomic E-state index is -3.62. The van der Waals surface area contributed by atoms with Crippen LogP contribution in [0.25, 0.3) is 0 Å². The van der Waals surface area contributed by atoms with E-state index in [4.69, 9.17) is 10.6 Å². The van der Waals surface area contributed by atoms with Crippen LogP contribution in [0.1, 0.15) is 13.3 Å². The molecule has 1 fully saturated rings. The predicted molar refractivity (Wildman–Crippen MR) is 75.4 cm³/mol. The van der Waals surface area contributed by atoms with E-state index < -0.39 is 10.0 Å².